The lowest BCUT2D eigenvalue weighted by atomic mass is 10.2. The zero-order chi connectivity index (χ0) is 10.4. The molecule has 0 spiro atoms. The highest BCUT2D eigenvalue weighted by molar-refractivity contribution is 9.10. The van der Waals surface area contributed by atoms with Crippen LogP contribution in [-0.4, -0.2) is 24.0 Å². The number of hydrogen-bond acceptors (Lipinski definition) is 3. The molecule has 1 heterocycles. The van der Waals surface area contributed by atoms with Gasteiger partial charge in [0.15, 0.2) is 0 Å². The fourth-order valence-corrected chi connectivity index (χ4v) is 1.44. The van der Waals surface area contributed by atoms with E-state index in [4.69, 9.17) is 4.74 Å². The van der Waals surface area contributed by atoms with E-state index in [-0.39, 0.29) is 12.4 Å². The van der Waals surface area contributed by atoms with Crippen LogP contribution in [0.5, 0.6) is 0 Å². The largest absolute Gasteiger partial charge is 0.373 e. The van der Waals surface area contributed by atoms with E-state index in [1.54, 1.807) is 18.3 Å². The fraction of sp³-hybridized carbons (Fsp3) is 0.400. The van der Waals surface area contributed by atoms with Gasteiger partial charge in [-0.2, -0.15) is 0 Å². The summed E-state index contributed by atoms with van der Waals surface area (Å²) < 4.78 is 5.86. The molecule has 76 valence electrons. The first-order valence-corrected chi connectivity index (χ1v) is 5.26. The summed E-state index contributed by atoms with van der Waals surface area (Å²) in [6, 6.07) is 3.56. The molecule has 1 rings (SSSR count). The van der Waals surface area contributed by atoms with Gasteiger partial charge in [0.25, 0.3) is 0 Å². The normalized spacial score (nSPS) is 10.1. The summed E-state index contributed by atoms with van der Waals surface area (Å²) in [5, 5.41) is 0. The van der Waals surface area contributed by atoms with Gasteiger partial charge in [-0.15, -0.1) is 0 Å². The number of ketones is 1. The van der Waals surface area contributed by atoms with Crippen molar-refractivity contribution in [2.24, 2.45) is 0 Å². The molecule has 0 fully saturated rings. The number of ether oxygens (including phenoxy) is 1. The Hall–Kier alpha value is -0.740. The Bertz CT molecular complexity index is 315. The third kappa shape index (κ3) is 3.20. The zero-order valence-corrected chi connectivity index (χ0v) is 9.58. The molecule has 0 atom stereocenters. The van der Waals surface area contributed by atoms with Crippen molar-refractivity contribution < 1.29 is 9.53 Å². The number of Topliss-reactive ketones (excluding diaryl/α,β-unsaturated/α-hetero) is 1. The van der Waals surface area contributed by atoms with E-state index in [1.807, 2.05) is 6.92 Å². The van der Waals surface area contributed by atoms with Crippen LogP contribution in [0.15, 0.2) is 22.8 Å². The first kappa shape index (κ1) is 11.3. The molecule has 0 saturated carbocycles. The second-order valence-corrected chi connectivity index (χ2v) is 3.66. The quantitative estimate of drug-likeness (QED) is 0.601. The summed E-state index contributed by atoms with van der Waals surface area (Å²) in [5.74, 6) is -0.0917. The van der Waals surface area contributed by atoms with Gasteiger partial charge in [0, 0.05) is 17.3 Å². The number of hydrogen-bond donors (Lipinski definition) is 0. The number of carbonyl (C=O) groups excluding carboxylic acids is 1. The Kier molecular flexibility index (Phi) is 4.76. The standard InChI is InChI=1S/C10H12BrNO2/c1-2-6-14-7-9(13)10-8(11)4-3-5-12-10/h3-5H,2,6-7H2,1H3. The molecule has 0 aliphatic heterocycles. The Balaban J connectivity index is 2.56. The van der Waals surface area contributed by atoms with E-state index in [1.165, 1.54) is 0 Å². The van der Waals surface area contributed by atoms with Crippen LogP contribution >= 0.6 is 15.9 Å². The van der Waals surface area contributed by atoms with Crippen LogP contribution < -0.4 is 0 Å². The van der Waals surface area contributed by atoms with Gasteiger partial charge in [0.1, 0.15) is 12.3 Å². The van der Waals surface area contributed by atoms with Crippen LogP contribution in [0.1, 0.15) is 23.8 Å². The summed E-state index contributed by atoms with van der Waals surface area (Å²) >= 11 is 3.27. The first-order valence-electron chi connectivity index (χ1n) is 4.47. The summed E-state index contributed by atoms with van der Waals surface area (Å²) in [4.78, 5) is 15.5. The van der Waals surface area contributed by atoms with Gasteiger partial charge in [-0.05, 0) is 34.5 Å². The van der Waals surface area contributed by atoms with Crippen molar-refractivity contribution in [2.75, 3.05) is 13.2 Å². The Labute approximate surface area is 91.6 Å². The molecule has 14 heavy (non-hydrogen) atoms. The third-order valence-electron chi connectivity index (χ3n) is 1.60. The summed E-state index contributed by atoms with van der Waals surface area (Å²) in [6.07, 6.45) is 2.51. The average Bonchev–Trinajstić information content (AvgIpc) is 2.18. The van der Waals surface area contributed by atoms with Crippen molar-refractivity contribution in [3.63, 3.8) is 0 Å². The highest BCUT2D eigenvalue weighted by Crippen LogP contribution is 2.13. The Morgan fingerprint density at radius 2 is 2.43 bits per heavy atom. The molecular weight excluding hydrogens is 246 g/mol. The van der Waals surface area contributed by atoms with Crippen molar-refractivity contribution in [3.8, 4) is 0 Å². The molecule has 0 N–H and O–H groups in total. The smallest absolute Gasteiger partial charge is 0.207 e. The molecule has 0 bridgehead atoms. The van der Waals surface area contributed by atoms with Crippen LogP contribution in [0, 0.1) is 0 Å². The maximum absolute atomic E-state index is 11.5. The van der Waals surface area contributed by atoms with Crippen LogP contribution in [0.3, 0.4) is 0 Å². The minimum absolute atomic E-state index is 0.0917. The van der Waals surface area contributed by atoms with E-state index < -0.39 is 0 Å². The maximum Gasteiger partial charge on any atom is 0.207 e. The predicted molar refractivity (Wildman–Crippen MR) is 57.4 cm³/mol. The molecule has 0 aliphatic rings. The number of rotatable bonds is 5. The van der Waals surface area contributed by atoms with Gasteiger partial charge >= 0.3 is 0 Å². The fourth-order valence-electron chi connectivity index (χ4n) is 0.968. The molecular formula is C10H12BrNO2. The van der Waals surface area contributed by atoms with Gasteiger partial charge in [0.05, 0.1) is 0 Å². The first-order chi connectivity index (χ1) is 6.75. The van der Waals surface area contributed by atoms with Gasteiger partial charge < -0.3 is 4.74 Å². The van der Waals surface area contributed by atoms with E-state index in [2.05, 4.69) is 20.9 Å². The highest BCUT2D eigenvalue weighted by atomic mass is 79.9. The van der Waals surface area contributed by atoms with E-state index in [0.717, 1.165) is 6.42 Å². The lowest BCUT2D eigenvalue weighted by Gasteiger charge is -2.02. The van der Waals surface area contributed by atoms with Crippen molar-refractivity contribution in [3.05, 3.63) is 28.5 Å². The van der Waals surface area contributed by atoms with Crippen LogP contribution in [0.25, 0.3) is 0 Å². The summed E-state index contributed by atoms with van der Waals surface area (Å²) in [6.45, 7) is 2.71. The number of nitrogens with zero attached hydrogens (tertiary/aromatic N) is 1. The second kappa shape index (κ2) is 5.88. The molecule has 0 aliphatic carbocycles. The minimum Gasteiger partial charge on any atom is -0.373 e. The molecule has 4 heteroatoms. The lowest BCUT2D eigenvalue weighted by molar-refractivity contribution is 0.0755. The highest BCUT2D eigenvalue weighted by Gasteiger charge is 2.10. The van der Waals surface area contributed by atoms with Crippen LogP contribution in [-0.2, 0) is 4.74 Å². The number of pyridine rings is 1. The minimum atomic E-state index is -0.0917. The SMILES string of the molecule is CCCOCC(=O)c1ncccc1Br. The molecule has 0 radical (unpaired) electrons. The zero-order valence-electron chi connectivity index (χ0n) is 8.00. The van der Waals surface area contributed by atoms with Crippen molar-refractivity contribution in [1.82, 2.24) is 4.98 Å². The van der Waals surface area contributed by atoms with Crippen molar-refractivity contribution >= 4 is 21.7 Å². The summed E-state index contributed by atoms with van der Waals surface area (Å²) in [7, 11) is 0. The molecule has 0 aromatic carbocycles. The Morgan fingerprint density at radius 1 is 1.64 bits per heavy atom. The van der Waals surface area contributed by atoms with Gasteiger partial charge in [-0.1, -0.05) is 6.92 Å². The topological polar surface area (TPSA) is 39.2 Å². The maximum atomic E-state index is 11.5. The van der Waals surface area contributed by atoms with Gasteiger partial charge in [-0.25, -0.2) is 0 Å². The van der Waals surface area contributed by atoms with Crippen LogP contribution in [0.4, 0.5) is 0 Å². The lowest BCUT2D eigenvalue weighted by Crippen LogP contribution is -2.11. The van der Waals surface area contributed by atoms with Crippen molar-refractivity contribution in [1.29, 1.82) is 0 Å². The second-order valence-electron chi connectivity index (χ2n) is 2.81. The average molecular weight is 258 g/mol. The number of halogens is 1. The predicted octanol–water partition coefficient (Wildman–Crippen LogP) is 2.45. The third-order valence-corrected chi connectivity index (χ3v) is 2.24. The summed E-state index contributed by atoms with van der Waals surface area (Å²) in [5.41, 5.74) is 0.434. The monoisotopic (exact) mass is 257 g/mol. The van der Waals surface area contributed by atoms with Gasteiger partial charge in [-0.3, -0.25) is 9.78 Å². The molecule has 1 aromatic heterocycles. The number of aromatic nitrogens is 1. The van der Waals surface area contributed by atoms with E-state index >= 15 is 0 Å². The van der Waals surface area contributed by atoms with E-state index in [9.17, 15) is 4.79 Å². The van der Waals surface area contributed by atoms with Crippen molar-refractivity contribution in [2.45, 2.75) is 13.3 Å². The Morgan fingerprint density at radius 3 is 3.07 bits per heavy atom. The molecule has 0 unspecified atom stereocenters. The molecule has 0 saturated heterocycles. The van der Waals surface area contributed by atoms with Crippen LogP contribution in [0.2, 0.25) is 0 Å². The van der Waals surface area contributed by atoms with E-state index in [0.29, 0.717) is 16.8 Å². The molecule has 1 aromatic rings. The number of carbonyl (C=O) groups is 1. The molecule has 0 amide bonds. The molecule has 3 nitrogen and oxygen atoms in total. The van der Waals surface area contributed by atoms with Gasteiger partial charge in [0.2, 0.25) is 5.78 Å².